The van der Waals surface area contributed by atoms with Crippen LogP contribution in [0.4, 0.5) is 10.1 Å². The quantitative estimate of drug-likeness (QED) is 0.707. The number of nitrogens with zero attached hydrogens (tertiary/aromatic N) is 4. The molecule has 0 aliphatic carbocycles. The third kappa shape index (κ3) is 4.46. The highest BCUT2D eigenvalue weighted by Crippen LogP contribution is 2.22. The van der Waals surface area contributed by atoms with Crippen LogP contribution in [0.3, 0.4) is 0 Å². The molecule has 3 aromatic rings. The van der Waals surface area contributed by atoms with Gasteiger partial charge in [0.05, 0.1) is 11.4 Å². The zero-order chi connectivity index (χ0) is 20.9. The average Bonchev–Trinajstić information content (AvgIpc) is 2.80. The van der Waals surface area contributed by atoms with Crippen LogP contribution >= 0.6 is 0 Å². The number of hydrogen-bond donors (Lipinski definition) is 1. The maximum atomic E-state index is 14.0. The molecule has 0 radical (unpaired) electrons. The summed E-state index contributed by atoms with van der Waals surface area (Å²) in [5, 5.41) is 10.7. The molecule has 1 aliphatic rings. The zero-order valence-electron chi connectivity index (χ0n) is 16.9. The number of piperazine rings is 1. The molecule has 0 atom stereocenters. The maximum Gasteiger partial charge on any atom is 0.271 e. The molecule has 0 unspecified atom stereocenters. The van der Waals surface area contributed by atoms with Gasteiger partial charge in [-0.3, -0.25) is 9.69 Å². The summed E-state index contributed by atoms with van der Waals surface area (Å²) in [6.07, 6.45) is 0. The van der Waals surface area contributed by atoms with E-state index in [2.05, 4.69) is 37.4 Å². The largest absolute Gasteiger partial charge is 0.367 e. The molecule has 0 saturated carbocycles. The van der Waals surface area contributed by atoms with Crippen molar-refractivity contribution in [3.05, 3.63) is 77.7 Å². The van der Waals surface area contributed by atoms with Gasteiger partial charge in [-0.25, -0.2) is 4.39 Å². The molecule has 2 aromatic carbocycles. The highest BCUT2D eigenvalue weighted by molar-refractivity contribution is 5.92. The van der Waals surface area contributed by atoms with E-state index in [0.29, 0.717) is 11.4 Å². The summed E-state index contributed by atoms with van der Waals surface area (Å²) < 4.78 is 14.0. The predicted molar refractivity (Wildman–Crippen MR) is 115 cm³/mol. The standard InChI is InChI=1S/C23H24FN5O/c1-25-23(30)21-10-9-20(26-27-21)18-6-4-5-17(15-18)16-28-11-13-29(14-12-28)22-8-3-2-7-19(22)24/h2-10,15H,11-14,16H2,1H3,(H,25,30). The lowest BCUT2D eigenvalue weighted by Crippen LogP contribution is -2.46. The van der Waals surface area contributed by atoms with Crippen LogP contribution in [0.25, 0.3) is 11.3 Å². The lowest BCUT2D eigenvalue weighted by atomic mass is 10.1. The number of rotatable bonds is 5. The van der Waals surface area contributed by atoms with E-state index in [4.69, 9.17) is 0 Å². The van der Waals surface area contributed by atoms with Gasteiger partial charge >= 0.3 is 0 Å². The molecular weight excluding hydrogens is 381 g/mol. The Hall–Kier alpha value is -3.32. The fraction of sp³-hybridized carbons (Fsp3) is 0.261. The van der Waals surface area contributed by atoms with E-state index in [0.717, 1.165) is 44.0 Å². The van der Waals surface area contributed by atoms with Crippen molar-refractivity contribution in [2.45, 2.75) is 6.54 Å². The molecule has 1 amide bonds. The third-order valence-electron chi connectivity index (χ3n) is 5.32. The minimum Gasteiger partial charge on any atom is -0.367 e. The summed E-state index contributed by atoms with van der Waals surface area (Å²) in [7, 11) is 1.57. The molecule has 1 aromatic heterocycles. The molecule has 0 bridgehead atoms. The summed E-state index contributed by atoms with van der Waals surface area (Å²) in [5.74, 6) is -0.417. The Morgan fingerprint density at radius 2 is 1.80 bits per heavy atom. The van der Waals surface area contributed by atoms with Crippen LogP contribution in [-0.4, -0.2) is 54.2 Å². The first-order valence-corrected chi connectivity index (χ1v) is 10.0. The normalized spacial score (nSPS) is 14.5. The van der Waals surface area contributed by atoms with Gasteiger partial charge in [0.25, 0.3) is 5.91 Å². The fourth-order valence-corrected chi connectivity index (χ4v) is 3.68. The summed E-state index contributed by atoms with van der Waals surface area (Å²) >= 11 is 0. The second-order valence-electron chi connectivity index (χ2n) is 7.30. The molecule has 30 heavy (non-hydrogen) atoms. The fourth-order valence-electron chi connectivity index (χ4n) is 3.68. The lowest BCUT2D eigenvalue weighted by molar-refractivity contribution is 0.0957. The first-order chi connectivity index (χ1) is 14.6. The SMILES string of the molecule is CNC(=O)c1ccc(-c2cccc(CN3CCN(c4ccccc4F)CC3)c2)nn1. The highest BCUT2D eigenvalue weighted by atomic mass is 19.1. The van der Waals surface area contributed by atoms with E-state index >= 15 is 0 Å². The van der Waals surface area contributed by atoms with Crippen molar-refractivity contribution in [2.24, 2.45) is 0 Å². The highest BCUT2D eigenvalue weighted by Gasteiger charge is 2.19. The van der Waals surface area contributed by atoms with E-state index in [1.807, 2.05) is 30.3 Å². The Morgan fingerprint density at radius 3 is 2.50 bits per heavy atom. The van der Waals surface area contributed by atoms with Crippen LogP contribution in [0, 0.1) is 5.82 Å². The van der Waals surface area contributed by atoms with Crippen LogP contribution < -0.4 is 10.2 Å². The van der Waals surface area contributed by atoms with Crippen molar-refractivity contribution < 1.29 is 9.18 Å². The van der Waals surface area contributed by atoms with Crippen LogP contribution in [-0.2, 0) is 6.54 Å². The van der Waals surface area contributed by atoms with Gasteiger partial charge in [-0.05, 0) is 35.9 Å². The van der Waals surface area contributed by atoms with Gasteiger partial charge in [0.1, 0.15) is 5.82 Å². The zero-order valence-corrected chi connectivity index (χ0v) is 16.9. The van der Waals surface area contributed by atoms with Gasteiger partial charge in [-0.1, -0.05) is 30.3 Å². The monoisotopic (exact) mass is 405 g/mol. The van der Waals surface area contributed by atoms with E-state index in [-0.39, 0.29) is 11.7 Å². The van der Waals surface area contributed by atoms with Gasteiger partial charge < -0.3 is 10.2 Å². The molecule has 1 fully saturated rings. The Morgan fingerprint density at radius 1 is 1.00 bits per heavy atom. The average molecular weight is 405 g/mol. The number of aromatic nitrogens is 2. The predicted octanol–water partition coefficient (Wildman–Crippen LogP) is 2.96. The number of carbonyl (C=O) groups excluding carboxylic acids is 1. The molecule has 1 aliphatic heterocycles. The molecule has 1 N–H and O–H groups in total. The lowest BCUT2D eigenvalue weighted by Gasteiger charge is -2.36. The Labute approximate surface area is 175 Å². The Bertz CT molecular complexity index is 1020. The maximum absolute atomic E-state index is 14.0. The number of carbonyl (C=O) groups is 1. The van der Waals surface area contributed by atoms with Crippen molar-refractivity contribution in [3.8, 4) is 11.3 Å². The topological polar surface area (TPSA) is 61.4 Å². The van der Waals surface area contributed by atoms with Gasteiger partial charge in [-0.2, -0.15) is 0 Å². The molecular formula is C23H24FN5O. The molecule has 154 valence electrons. The van der Waals surface area contributed by atoms with Crippen molar-refractivity contribution in [1.82, 2.24) is 20.4 Å². The number of nitrogens with one attached hydrogen (secondary N) is 1. The molecule has 0 spiro atoms. The summed E-state index contributed by atoms with van der Waals surface area (Å²) in [6, 6.07) is 18.6. The Kier molecular flexibility index (Phi) is 5.99. The number of amides is 1. The second kappa shape index (κ2) is 9.00. The second-order valence-corrected chi connectivity index (χ2v) is 7.30. The smallest absolute Gasteiger partial charge is 0.271 e. The van der Waals surface area contributed by atoms with Crippen LogP contribution in [0.1, 0.15) is 16.1 Å². The first-order valence-electron chi connectivity index (χ1n) is 10.0. The van der Waals surface area contributed by atoms with Crippen LogP contribution in [0.2, 0.25) is 0 Å². The van der Waals surface area contributed by atoms with Gasteiger partial charge in [0.15, 0.2) is 5.69 Å². The molecule has 7 heteroatoms. The summed E-state index contributed by atoms with van der Waals surface area (Å²) in [5.41, 5.74) is 3.86. The van der Waals surface area contributed by atoms with E-state index < -0.39 is 0 Å². The minimum atomic E-state index is -0.252. The number of halogens is 1. The van der Waals surface area contributed by atoms with E-state index in [1.165, 1.54) is 11.6 Å². The van der Waals surface area contributed by atoms with E-state index in [9.17, 15) is 9.18 Å². The van der Waals surface area contributed by atoms with E-state index in [1.54, 1.807) is 19.2 Å². The van der Waals surface area contributed by atoms with Gasteiger partial charge in [0, 0.05) is 45.3 Å². The van der Waals surface area contributed by atoms with Gasteiger partial charge in [0.2, 0.25) is 0 Å². The minimum absolute atomic E-state index is 0.165. The van der Waals surface area contributed by atoms with Crippen LogP contribution in [0.15, 0.2) is 60.7 Å². The number of benzene rings is 2. The molecule has 6 nitrogen and oxygen atoms in total. The number of para-hydroxylation sites is 1. The molecule has 4 rings (SSSR count). The first kappa shape index (κ1) is 20.0. The number of hydrogen-bond acceptors (Lipinski definition) is 5. The molecule has 1 saturated heterocycles. The van der Waals surface area contributed by atoms with Gasteiger partial charge in [-0.15, -0.1) is 10.2 Å². The Balaban J connectivity index is 1.39. The molecule has 2 heterocycles. The van der Waals surface area contributed by atoms with Crippen molar-refractivity contribution in [1.29, 1.82) is 0 Å². The van der Waals surface area contributed by atoms with Crippen molar-refractivity contribution in [3.63, 3.8) is 0 Å². The number of anilines is 1. The third-order valence-corrected chi connectivity index (χ3v) is 5.32. The van der Waals surface area contributed by atoms with Crippen molar-refractivity contribution >= 4 is 11.6 Å². The summed E-state index contributed by atoms with van der Waals surface area (Å²) in [4.78, 5) is 16.1. The van der Waals surface area contributed by atoms with Crippen LogP contribution in [0.5, 0.6) is 0 Å². The summed E-state index contributed by atoms with van der Waals surface area (Å²) in [6.45, 7) is 4.17. The van der Waals surface area contributed by atoms with Crippen molar-refractivity contribution in [2.75, 3.05) is 38.1 Å².